The molecule has 0 radical (unpaired) electrons. The summed E-state index contributed by atoms with van der Waals surface area (Å²) in [6.07, 6.45) is 1.59. The van der Waals surface area contributed by atoms with Gasteiger partial charge in [-0.1, -0.05) is 66.7 Å². The lowest BCUT2D eigenvalue weighted by Gasteiger charge is -2.40. The topological polar surface area (TPSA) is 87.6 Å². The van der Waals surface area contributed by atoms with Crippen LogP contribution < -0.4 is 0 Å². The molecule has 0 saturated carbocycles. The molecule has 2 atom stereocenters. The summed E-state index contributed by atoms with van der Waals surface area (Å²) >= 11 is 0. The SMILES string of the molecule is CC(C)(C)OC(=O)N1C(c2cn(Cc3ccccc3)c3ccccc23)c2[nH]c3ccccc3c2C[C@@H]1C(=O)O. The van der Waals surface area contributed by atoms with E-state index < -0.39 is 29.7 Å². The number of carbonyl (C=O) groups is 2. The van der Waals surface area contributed by atoms with Gasteiger partial charge in [0.2, 0.25) is 0 Å². The summed E-state index contributed by atoms with van der Waals surface area (Å²) in [4.78, 5) is 31.5. The van der Waals surface area contributed by atoms with Gasteiger partial charge in [0.05, 0.1) is 0 Å². The highest BCUT2D eigenvalue weighted by atomic mass is 16.6. The van der Waals surface area contributed by atoms with Crippen molar-refractivity contribution in [3.8, 4) is 0 Å². The fourth-order valence-corrected chi connectivity index (χ4v) is 5.75. The summed E-state index contributed by atoms with van der Waals surface area (Å²) in [7, 11) is 0. The minimum atomic E-state index is -1.09. The van der Waals surface area contributed by atoms with Crippen LogP contribution in [-0.2, 0) is 22.5 Å². The molecule has 0 aliphatic carbocycles. The van der Waals surface area contributed by atoms with Crippen LogP contribution in [0.5, 0.6) is 0 Å². The van der Waals surface area contributed by atoms with Crippen molar-refractivity contribution in [3.05, 3.63) is 107 Å². The van der Waals surface area contributed by atoms with Crippen LogP contribution in [-0.4, -0.2) is 43.3 Å². The largest absolute Gasteiger partial charge is 0.480 e. The normalized spacial score (nSPS) is 17.4. The molecule has 5 aromatic rings. The van der Waals surface area contributed by atoms with Gasteiger partial charge in [0.15, 0.2) is 0 Å². The predicted molar refractivity (Wildman–Crippen MR) is 151 cm³/mol. The van der Waals surface area contributed by atoms with Crippen molar-refractivity contribution < 1.29 is 19.4 Å². The van der Waals surface area contributed by atoms with Crippen LogP contribution in [0.25, 0.3) is 21.8 Å². The average molecular weight is 522 g/mol. The molecule has 0 spiro atoms. The second-order valence-electron chi connectivity index (χ2n) is 11.1. The minimum absolute atomic E-state index is 0.188. The number of aromatic amines is 1. The lowest BCUT2D eigenvalue weighted by molar-refractivity contribution is -0.144. The number of carboxylic acids is 1. The van der Waals surface area contributed by atoms with E-state index in [0.717, 1.165) is 44.2 Å². The molecule has 2 N–H and O–H groups in total. The molecule has 1 unspecified atom stereocenters. The summed E-state index contributed by atoms with van der Waals surface area (Å²) in [5.41, 5.74) is 4.88. The van der Waals surface area contributed by atoms with E-state index in [1.807, 2.05) is 60.7 Å². The molecule has 7 nitrogen and oxygen atoms in total. The van der Waals surface area contributed by atoms with Gasteiger partial charge >= 0.3 is 12.1 Å². The second kappa shape index (κ2) is 9.34. The Hall–Kier alpha value is -4.52. The van der Waals surface area contributed by atoms with Crippen molar-refractivity contribution in [2.75, 3.05) is 0 Å². The molecular formula is C32H31N3O4. The summed E-state index contributed by atoms with van der Waals surface area (Å²) in [6, 6.07) is 24.4. The molecule has 6 rings (SSSR count). The number of carbonyl (C=O) groups excluding carboxylic acids is 1. The van der Waals surface area contributed by atoms with E-state index in [1.54, 1.807) is 20.8 Å². The monoisotopic (exact) mass is 521 g/mol. The Kier molecular flexibility index (Phi) is 5.94. The van der Waals surface area contributed by atoms with Crippen LogP contribution >= 0.6 is 0 Å². The Bertz CT molecular complexity index is 1690. The maximum absolute atomic E-state index is 13.8. The molecule has 7 heteroatoms. The lowest BCUT2D eigenvalue weighted by Crippen LogP contribution is -2.52. The van der Waals surface area contributed by atoms with E-state index in [9.17, 15) is 14.7 Å². The van der Waals surface area contributed by atoms with E-state index in [0.29, 0.717) is 6.54 Å². The third kappa shape index (κ3) is 4.44. The number of aliphatic carboxylic acids is 1. The number of rotatable bonds is 4. The molecular weight excluding hydrogens is 490 g/mol. The number of fused-ring (bicyclic) bond motifs is 4. The Morgan fingerprint density at radius 1 is 0.949 bits per heavy atom. The Labute approximate surface area is 226 Å². The number of benzene rings is 3. The van der Waals surface area contributed by atoms with E-state index in [4.69, 9.17) is 4.74 Å². The van der Waals surface area contributed by atoms with Crippen molar-refractivity contribution in [1.29, 1.82) is 0 Å². The minimum Gasteiger partial charge on any atom is -0.480 e. The van der Waals surface area contributed by atoms with Crippen molar-refractivity contribution in [3.63, 3.8) is 0 Å². The fraction of sp³-hybridized carbons (Fsp3) is 0.250. The smallest absolute Gasteiger partial charge is 0.411 e. The highest BCUT2D eigenvalue weighted by molar-refractivity contribution is 5.91. The van der Waals surface area contributed by atoms with E-state index in [-0.39, 0.29) is 6.42 Å². The molecule has 2 aromatic heterocycles. The van der Waals surface area contributed by atoms with Gasteiger partial charge in [0, 0.05) is 52.2 Å². The Morgan fingerprint density at radius 2 is 1.62 bits per heavy atom. The standard InChI is InChI=1S/C32H31N3O4/c1-32(2,3)39-31(38)35-27(30(36)37)17-23-21-13-7-9-15-25(21)33-28(23)29(35)24-19-34(18-20-11-5-4-6-12-20)26-16-10-8-14-22(24)26/h4-16,19,27,29,33H,17-18H2,1-3H3,(H,36,37)/t27-,29?/m1/s1. The highest BCUT2D eigenvalue weighted by Gasteiger charge is 2.46. The zero-order valence-electron chi connectivity index (χ0n) is 22.2. The van der Waals surface area contributed by atoms with E-state index in [1.165, 1.54) is 4.90 Å². The number of ether oxygens (including phenoxy) is 1. The third-order valence-corrected chi connectivity index (χ3v) is 7.33. The van der Waals surface area contributed by atoms with Gasteiger partial charge in [-0.25, -0.2) is 9.59 Å². The number of amides is 1. The van der Waals surface area contributed by atoms with Crippen LogP contribution in [0.15, 0.2) is 85.1 Å². The summed E-state index contributed by atoms with van der Waals surface area (Å²) in [6.45, 7) is 6.02. The van der Waals surface area contributed by atoms with Crippen LogP contribution in [0.3, 0.4) is 0 Å². The van der Waals surface area contributed by atoms with Crippen LogP contribution in [0.1, 0.15) is 49.2 Å². The summed E-state index contributed by atoms with van der Waals surface area (Å²) in [5, 5.41) is 12.3. The first-order valence-electron chi connectivity index (χ1n) is 13.2. The van der Waals surface area contributed by atoms with Crippen molar-refractivity contribution in [2.45, 2.75) is 51.4 Å². The first-order chi connectivity index (χ1) is 18.7. The molecule has 3 aromatic carbocycles. The number of para-hydroxylation sites is 2. The Balaban J connectivity index is 1.60. The van der Waals surface area contributed by atoms with Gasteiger partial charge < -0.3 is 19.4 Å². The van der Waals surface area contributed by atoms with Crippen molar-refractivity contribution >= 4 is 33.9 Å². The van der Waals surface area contributed by atoms with Gasteiger partial charge in [-0.3, -0.25) is 4.90 Å². The number of carboxylic acid groups (broad SMARTS) is 1. The molecule has 3 heterocycles. The maximum atomic E-state index is 13.8. The third-order valence-electron chi connectivity index (χ3n) is 7.33. The first-order valence-corrected chi connectivity index (χ1v) is 13.2. The van der Waals surface area contributed by atoms with E-state index >= 15 is 0 Å². The number of hydrogen-bond donors (Lipinski definition) is 2. The highest BCUT2D eigenvalue weighted by Crippen LogP contribution is 2.44. The van der Waals surface area contributed by atoms with Crippen LogP contribution in [0.2, 0.25) is 0 Å². The molecule has 1 aliphatic heterocycles. The Morgan fingerprint density at radius 3 is 2.33 bits per heavy atom. The molecule has 0 fully saturated rings. The van der Waals surface area contributed by atoms with Gasteiger partial charge in [-0.15, -0.1) is 0 Å². The summed E-state index contributed by atoms with van der Waals surface area (Å²) < 4.78 is 7.98. The number of hydrogen-bond acceptors (Lipinski definition) is 3. The van der Waals surface area contributed by atoms with Crippen LogP contribution in [0, 0.1) is 0 Å². The first kappa shape index (κ1) is 24.8. The van der Waals surface area contributed by atoms with E-state index in [2.05, 4.69) is 33.9 Å². The number of aromatic nitrogens is 2. The molecule has 0 saturated heterocycles. The van der Waals surface area contributed by atoms with Crippen molar-refractivity contribution in [2.24, 2.45) is 0 Å². The quantitative estimate of drug-likeness (QED) is 0.282. The maximum Gasteiger partial charge on any atom is 0.411 e. The summed E-state index contributed by atoms with van der Waals surface area (Å²) in [5.74, 6) is -1.06. The van der Waals surface area contributed by atoms with Crippen LogP contribution in [0.4, 0.5) is 4.79 Å². The number of H-pyrrole nitrogens is 1. The molecule has 1 aliphatic rings. The molecule has 0 bridgehead atoms. The molecule has 39 heavy (non-hydrogen) atoms. The lowest BCUT2D eigenvalue weighted by atomic mass is 9.88. The predicted octanol–water partition coefficient (Wildman–Crippen LogP) is 6.51. The van der Waals surface area contributed by atoms with Crippen molar-refractivity contribution in [1.82, 2.24) is 14.5 Å². The van der Waals surface area contributed by atoms with Gasteiger partial charge in [0.1, 0.15) is 17.7 Å². The van der Waals surface area contributed by atoms with Gasteiger partial charge in [-0.05, 0) is 44.0 Å². The number of nitrogens with one attached hydrogen (secondary N) is 1. The second-order valence-corrected chi connectivity index (χ2v) is 11.1. The van der Waals surface area contributed by atoms with Gasteiger partial charge in [0.25, 0.3) is 0 Å². The molecule has 1 amide bonds. The molecule has 198 valence electrons. The number of nitrogens with zero attached hydrogens (tertiary/aromatic N) is 2. The zero-order chi connectivity index (χ0) is 27.3. The van der Waals surface area contributed by atoms with Gasteiger partial charge in [-0.2, -0.15) is 0 Å². The average Bonchev–Trinajstić information content (AvgIpc) is 3.45. The fourth-order valence-electron chi connectivity index (χ4n) is 5.75. The zero-order valence-corrected chi connectivity index (χ0v) is 22.2.